The van der Waals surface area contributed by atoms with Crippen LogP contribution in [0, 0.1) is 0 Å². The summed E-state index contributed by atoms with van der Waals surface area (Å²) in [5.74, 6) is 0.698. The number of hydrogen-bond acceptors (Lipinski definition) is 3. The maximum Gasteiger partial charge on any atom is 0.157 e. The van der Waals surface area contributed by atoms with Crippen LogP contribution in [-0.4, -0.2) is 11.6 Å². The molecule has 0 amide bonds. The van der Waals surface area contributed by atoms with Gasteiger partial charge >= 0.3 is 0 Å². The zero-order chi connectivity index (χ0) is 11.1. The summed E-state index contributed by atoms with van der Waals surface area (Å²) in [7, 11) is 0. The zero-order valence-electron chi connectivity index (χ0n) is 9.58. The van der Waals surface area contributed by atoms with E-state index in [1.165, 1.54) is 24.1 Å². The molecule has 0 atom stereocenters. The molecular weight excluding hydrogens is 206 g/mol. The highest BCUT2D eigenvalue weighted by Crippen LogP contribution is 2.22. The van der Waals surface area contributed by atoms with Gasteiger partial charge in [0.25, 0.3) is 0 Å². The molecule has 0 saturated heterocycles. The fraction of sp³-hybridized carbons (Fsp3) is 0.583. The van der Waals surface area contributed by atoms with Gasteiger partial charge in [0, 0.05) is 11.1 Å². The van der Waals surface area contributed by atoms with Crippen molar-refractivity contribution < 1.29 is 4.74 Å². The molecule has 1 rings (SSSR count). The van der Waals surface area contributed by atoms with Crippen LogP contribution in [-0.2, 0) is 11.2 Å². The number of thiazole rings is 1. The van der Waals surface area contributed by atoms with E-state index in [1.807, 2.05) is 13.1 Å². The summed E-state index contributed by atoms with van der Waals surface area (Å²) in [6, 6.07) is 0. The monoisotopic (exact) mass is 225 g/mol. The molecule has 0 saturated carbocycles. The summed E-state index contributed by atoms with van der Waals surface area (Å²) in [4.78, 5) is 5.64. The normalized spacial score (nSPS) is 10.3. The van der Waals surface area contributed by atoms with E-state index in [0.29, 0.717) is 12.4 Å². The van der Waals surface area contributed by atoms with Gasteiger partial charge in [-0.05, 0) is 19.8 Å². The van der Waals surface area contributed by atoms with Gasteiger partial charge in [-0.1, -0.05) is 26.3 Å². The molecule has 3 heteroatoms. The molecule has 0 aliphatic carbocycles. The molecule has 1 heterocycles. The number of aryl methyl sites for hydroxylation is 1. The molecule has 0 fully saturated rings. The van der Waals surface area contributed by atoms with Crippen LogP contribution in [0.1, 0.15) is 43.0 Å². The molecule has 2 nitrogen and oxygen atoms in total. The Kier molecular flexibility index (Phi) is 5.40. The number of hydrogen-bond donors (Lipinski definition) is 0. The SMILES string of the molecule is C=C(OCC)c1ncc(CCCCC)s1. The van der Waals surface area contributed by atoms with E-state index in [0.717, 1.165) is 11.4 Å². The first kappa shape index (κ1) is 12.2. The minimum absolute atomic E-state index is 0.656. The summed E-state index contributed by atoms with van der Waals surface area (Å²) >= 11 is 1.70. The Labute approximate surface area is 96.0 Å². The molecule has 15 heavy (non-hydrogen) atoms. The van der Waals surface area contributed by atoms with Gasteiger partial charge in [0.05, 0.1) is 6.61 Å². The highest BCUT2D eigenvalue weighted by atomic mass is 32.1. The van der Waals surface area contributed by atoms with Crippen LogP contribution in [0.15, 0.2) is 12.8 Å². The smallest absolute Gasteiger partial charge is 0.157 e. The number of ether oxygens (including phenoxy) is 1. The molecule has 0 aromatic carbocycles. The molecule has 0 aliphatic rings. The number of nitrogens with zero attached hydrogens (tertiary/aromatic N) is 1. The maximum absolute atomic E-state index is 5.32. The van der Waals surface area contributed by atoms with Gasteiger partial charge in [-0.25, -0.2) is 4.98 Å². The molecule has 0 radical (unpaired) electrons. The van der Waals surface area contributed by atoms with E-state index < -0.39 is 0 Å². The van der Waals surface area contributed by atoms with Crippen molar-refractivity contribution in [2.75, 3.05) is 6.61 Å². The van der Waals surface area contributed by atoms with Crippen molar-refractivity contribution in [1.82, 2.24) is 4.98 Å². The summed E-state index contributed by atoms with van der Waals surface area (Å²) in [6.45, 7) is 8.68. The van der Waals surface area contributed by atoms with Crippen molar-refractivity contribution in [2.24, 2.45) is 0 Å². The van der Waals surface area contributed by atoms with Crippen molar-refractivity contribution in [3.05, 3.63) is 22.7 Å². The standard InChI is InChI=1S/C12H19NOS/c1-4-6-7-8-11-9-13-12(15-11)10(3)14-5-2/h9H,3-8H2,1-2H3. The summed E-state index contributed by atoms with van der Waals surface area (Å²) < 4.78 is 5.32. The van der Waals surface area contributed by atoms with Gasteiger partial charge in [-0.15, -0.1) is 11.3 Å². The van der Waals surface area contributed by atoms with E-state index in [-0.39, 0.29) is 0 Å². The topological polar surface area (TPSA) is 22.1 Å². The van der Waals surface area contributed by atoms with Gasteiger partial charge in [0.2, 0.25) is 0 Å². The second-order valence-electron chi connectivity index (χ2n) is 3.45. The first-order valence-corrected chi connectivity index (χ1v) is 6.36. The quantitative estimate of drug-likeness (QED) is 0.519. The molecule has 1 aromatic rings. The zero-order valence-corrected chi connectivity index (χ0v) is 10.4. The van der Waals surface area contributed by atoms with Crippen molar-refractivity contribution in [1.29, 1.82) is 0 Å². The van der Waals surface area contributed by atoms with E-state index in [9.17, 15) is 0 Å². The summed E-state index contributed by atoms with van der Waals surface area (Å²) in [5, 5.41) is 0.920. The van der Waals surface area contributed by atoms with Crippen LogP contribution in [0.5, 0.6) is 0 Å². The minimum Gasteiger partial charge on any atom is -0.491 e. The van der Waals surface area contributed by atoms with Crippen LogP contribution in [0.3, 0.4) is 0 Å². The lowest BCUT2D eigenvalue weighted by Crippen LogP contribution is -1.87. The van der Waals surface area contributed by atoms with Gasteiger partial charge in [0.1, 0.15) is 5.76 Å². The van der Waals surface area contributed by atoms with Gasteiger partial charge in [-0.2, -0.15) is 0 Å². The lowest BCUT2D eigenvalue weighted by Gasteiger charge is -2.01. The fourth-order valence-corrected chi connectivity index (χ4v) is 2.22. The number of aromatic nitrogens is 1. The second-order valence-corrected chi connectivity index (χ2v) is 4.56. The van der Waals surface area contributed by atoms with E-state index in [2.05, 4.69) is 18.5 Å². The molecule has 1 aromatic heterocycles. The summed E-state index contributed by atoms with van der Waals surface area (Å²) in [5.41, 5.74) is 0. The minimum atomic E-state index is 0.656. The Morgan fingerprint density at radius 3 is 2.93 bits per heavy atom. The number of rotatable bonds is 7. The van der Waals surface area contributed by atoms with Crippen LogP contribution in [0.2, 0.25) is 0 Å². The Hall–Kier alpha value is -0.830. The van der Waals surface area contributed by atoms with Crippen LogP contribution >= 0.6 is 11.3 Å². The Morgan fingerprint density at radius 2 is 2.27 bits per heavy atom. The molecule has 0 bridgehead atoms. The highest BCUT2D eigenvalue weighted by molar-refractivity contribution is 7.12. The molecule has 0 spiro atoms. The third-order valence-corrected chi connectivity index (χ3v) is 3.24. The van der Waals surface area contributed by atoms with Crippen LogP contribution in [0.25, 0.3) is 5.76 Å². The van der Waals surface area contributed by atoms with Crippen LogP contribution in [0.4, 0.5) is 0 Å². The second kappa shape index (κ2) is 6.62. The predicted molar refractivity (Wildman–Crippen MR) is 66.0 cm³/mol. The Morgan fingerprint density at radius 1 is 1.47 bits per heavy atom. The van der Waals surface area contributed by atoms with E-state index >= 15 is 0 Å². The van der Waals surface area contributed by atoms with Crippen LogP contribution < -0.4 is 0 Å². The van der Waals surface area contributed by atoms with Gasteiger partial charge in [0.15, 0.2) is 5.01 Å². The van der Waals surface area contributed by atoms with Crippen molar-refractivity contribution in [3.63, 3.8) is 0 Å². The largest absolute Gasteiger partial charge is 0.491 e. The third kappa shape index (κ3) is 4.04. The third-order valence-electron chi connectivity index (χ3n) is 2.14. The Bertz CT molecular complexity index is 306. The van der Waals surface area contributed by atoms with Crippen molar-refractivity contribution in [3.8, 4) is 0 Å². The lowest BCUT2D eigenvalue weighted by atomic mass is 10.2. The molecule has 84 valence electrons. The van der Waals surface area contributed by atoms with Crippen molar-refractivity contribution >= 4 is 17.1 Å². The maximum atomic E-state index is 5.32. The first-order chi connectivity index (χ1) is 7.27. The average molecular weight is 225 g/mol. The number of unbranched alkanes of at least 4 members (excludes halogenated alkanes) is 2. The van der Waals surface area contributed by atoms with Crippen molar-refractivity contribution in [2.45, 2.75) is 39.5 Å². The Balaban J connectivity index is 2.45. The fourth-order valence-electron chi connectivity index (χ4n) is 1.34. The average Bonchev–Trinajstić information content (AvgIpc) is 2.67. The summed E-state index contributed by atoms with van der Waals surface area (Å²) in [6.07, 6.45) is 6.88. The molecule has 0 aliphatic heterocycles. The molecular formula is C12H19NOS. The predicted octanol–water partition coefficient (Wildman–Crippen LogP) is 3.88. The first-order valence-electron chi connectivity index (χ1n) is 5.54. The van der Waals surface area contributed by atoms with Gasteiger partial charge in [-0.3, -0.25) is 0 Å². The van der Waals surface area contributed by atoms with Gasteiger partial charge < -0.3 is 4.74 Å². The molecule has 0 unspecified atom stereocenters. The van der Waals surface area contributed by atoms with E-state index in [1.54, 1.807) is 11.3 Å². The molecule has 0 N–H and O–H groups in total. The highest BCUT2D eigenvalue weighted by Gasteiger charge is 2.05. The lowest BCUT2D eigenvalue weighted by molar-refractivity contribution is 0.299. The van der Waals surface area contributed by atoms with E-state index in [4.69, 9.17) is 4.74 Å².